The largest absolute Gasteiger partial charge is 0.478 e. The molecule has 0 amide bonds. The molecule has 0 saturated carbocycles. The summed E-state index contributed by atoms with van der Waals surface area (Å²) < 4.78 is 0. The third-order valence-electron chi connectivity index (χ3n) is 3.70. The van der Waals surface area contributed by atoms with E-state index in [1.807, 2.05) is 30.3 Å². The van der Waals surface area contributed by atoms with Gasteiger partial charge in [-0.3, -0.25) is 0 Å². The van der Waals surface area contributed by atoms with E-state index in [1.165, 1.54) is 0 Å². The Kier molecular flexibility index (Phi) is 4.57. The SMILES string of the molecule is CCC(C)Cc1cc(C(=O)O)ccc1-c1ccccc1. The number of rotatable bonds is 5. The molecule has 20 heavy (non-hydrogen) atoms. The molecule has 2 aromatic rings. The van der Waals surface area contributed by atoms with E-state index in [2.05, 4.69) is 26.0 Å². The van der Waals surface area contributed by atoms with Gasteiger partial charge < -0.3 is 5.11 Å². The van der Waals surface area contributed by atoms with Gasteiger partial charge in [0.25, 0.3) is 0 Å². The number of hydrogen-bond acceptors (Lipinski definition) is 1. The van der Waals surface area contributed by atoms with E-state index in [-0.39, 0.29) is 0 Å². The van der Waals surface area contributed by atoms with Crippen molar-refractivity contribution >= 4 is 5.97 Å². The van der Waals surface area contributed by atoms with Crippen LogP contribution in [-0.4, -0.2) is 11.1 Å². The van der Waals surface area contributed by atoms with Crippen molar-refractivity contribution in [1.29, 1.82) is 0 Å². The summed E-state index contributed by atoms with van der Waals surface area (Å²) >= 11 is 0. The summed E-state index contributed by atoms with van der Waals surface area (Å²) in [6.45, 7) is 4.36. The van der Waals surface area contributed by atoms with Crippen LogP contribution in [0.4, 0.5) is 0 Å². The number of carbonyl (C=O) groups is 1. The fourth-order valence-corrected chi connectivity index (χ4v) is 2.31. The Balaban J connectivity index is 2.47. The third kappa shape index (κ3) is 3.27. The Labute approximate surface area is 120 Å². The molecule has 0 saturated heterocycles. The fourth-order valence-electron chi connectivity index (χ4n) is 2.31. The smallest absolute Gasteiger partial charge is 0.335 e. The Bertz CT molecular complexity index is 588. The van der Waals surface area contributed by atoms with Crippen LogP contribution in [-0.2, 0) is 6.42 Å². The minimum absolute atomic E-state index is 0.364. The van der Waals surface area contributed by atoms with Crippen molar-refractivity contribution in [3.63, 3.8) is 0 Å². The molecule has 2 nitrogen and oxygen atoms in total. The number of carboxylic acid groups (broad SMARTS) is 1. The van der Waals surface area contributed by atoms with Crippen LogP contribution in [0.1, 0.15) is 36.2 Å². The van der Waals surface area contributed by atoms with Crippen LogP contribution in [0.25, 0.3) is 11.1 Å². The van der Waals surface area contributed by atoms with Gasteiger partial charge in [-0.15, -0.1) is 0 Å². The van der Waals surface area contributed by atoms with E-state index in [0.29, 0.717) is 11.5 Å². The van der Waals surface area contributed by atoms with Crippen molar-refractivity contribution in [2.24, 2.45) is 5.92 Å². The summed E-state index contributed by atoms with van der Waals surface area (Å²) in [4.78, 5) is 11.2. The van der Waals surface area contributed by atoms with Crippen LogP contribution >= 0.6 is 0 Å². The Morgan fingerprint density at radius 3 is 2.45 bits per heavy atom. The highest BCUT2D eigenvalue weighted by molar-refractivity contribution is 5.89. The van der Waals surface area contributed by atoms with Crippen LogP contribution in [0.5, 0.6) is 0 Å². The zero-order chi connectivity index (χ0) is 14.5. The molecule has 0 aliphatic carbocycles. The molecule has 2 heteroatoms. The second kappa shape index (κ2) is 6.38. The van der Waals surface area contributed by atoms with Gasteiger partial charge in [-0.25, -0.2) is 4.79 Å². The lowest BCUT2D eigenvalue weighted by atomic mass is 9.90. The van der Waals surface area contributed by atoms with Crippen molar-refractivity contribution in [2.45, 2.75) is 26.7 Å². The van der Waals surface area contributed by atoms with E-state index < -0.39 is 5.97 Å². The van der Waals surface area contributed by atoms with Gasteiger partial charge in [-0.05, 0) is 41.2 Å². The quantitative estimate of drug-likeness (QED) is 0.857. The standard InChI is InChI=1S/C18H20O2/c1-3-13(2)11-16-12-15(18(19)20)9-10-17(16)14-7-5-4-6-8-14/h4-10,12-13H,3,11H2,1-2H3,(H,19,20). The van der Waals surface area contributed by atoms with E-state index >= 15 is 0 Å². The summed E-state index contributed by atoms with van der Waals surface area (Å²) in [7, 11) is 0. The maximum atomic E-state index is 11.2. The van der Waals surface area contributed by atoms with E-state index in [0.717, 1.165) is 29.5 Å². The van der Waals surface area contributed by atoms with Crippen molar-refractivity contribution in [3.05, 3.63) is 59.7 Å². The maximum Gasteiger partial charge on any atom is 0.335 e. The molecule has 1 N–H and O–H groups in total. The second-order valence-corrected chi connectivity index (χ2v) is 5.26. The average Bonchev–Trinajstić information content (AvgIpc) is 2.47. The molecule has 0 aromatic heterocycles. The lowest BCUT2D eigenvalue weighted by Crippen LogP contribution is -2.03. The molecular weight excluding hydrogens is 248 g/mol. The average molecular weight is 268 g/mol. The van der Waals surface area contributed by atoms with Crippen molar-refractivity contribution in [1.82, 2.24) is 0 Å². The molecule has 2 rings (SSSR count). The summed E-state index contributed by atoms with van der Waals surface area (Å²) in [5, 5.41) is 9.16. The maximum absolute atomic E-state index is 11.2. The second-order valence-electron chi connectivity index (χ2n) is 5.26. The summed E-state index contributed by atoms with van der Waals surface area (Å²) in [5.74, 6) is -0.323. The molecule has 1 unspecified atom stereocenters. The van der Waals surface area contributed by atoms with Crippen LogP contribution in [0.15, 0.2) is 48.5 Å². The summed E-state index contributed by atoms with van der Waals surface area (Å²) in [6.07, 6.45) is 1.99. The van der Waals surface area contributed by atoms with Gasteiger partial charge in [0.1, 0.15) is 0 Å². The van der Waals surface area contributed by atoms with Crippen molar-refractivity contribution in [3.8, 4) is 11.1 Å². The topological polar surface area (TPSA) is 37.3 Å². The molecule has 0 radical (unpaired) electrons. The lowest BCUT2D eigenvalue weighted by molar-refractivity contribution is 0.0696. The third-order valence-corrected chi connectivity index (χ3v) is 3.70. The zero-order valence-corrected chi connectivity index (χ0v) is 12.0. The number of hydrogen-bond donors (Lipinski definition) is 1. The highest BCUT2D eigenvalue weighted by Gasteiger charge is 2.12. The lowest BCUT2D eigenvalue weighted by Gasteiger charge is -2.14. The fraction of sp³-hybridized carbons (Fsp3) is 0.278. The van der Waals surface area contributed by atoms with Crippen LogP contribution < -0.4 is 0 Å². The van der Waals surface area contributed by atoms with E-state index in [4.69, 9.17) is 5.11 Å². The first-order valence-corrected chi connectivity index (χ1v) is 7.03. The number of benzene rings is 2. The van der Waals surface area contributed by atoms with Gasteiger partial charge in [0.2, 0.25) is 0 Å². The predicted molar refractivity (Wildman–Crippen MR) is 82.0 cm³/mol. The Morgan fingerprint density at radius 1 is 1.15 bits per heavy atom. The predicted octanol–water partition coefficient (Wildman–Crippen LogP) is 4.64. The zero-order valence-electron chi connectivity index (χ0n) is 12.0. The first-order chi connectivity index (χ1) is 9.61. The molecule has 2 aromatic carbocycles. The van der Waals surface area contributed by atoms with Gasteiger partial charge >= 0.3 is 5.97 Å². The molecule has 0 aliphatic rings. The first kappa shape index (κ1) is 14.3. The van der Waals surface area contributed by atoms with E-state index in [9.17, 15) is 4.79 Å². The van der Waals surface area contributed by atoms with Crippen LogP contribution in [0.2, 0.25) is 0 Å². The Hall–Kier alpha value is -2.09. The Morgan fingerprint density at radius 2 is 1.85 bits per heavy atom. The highest BCUT2D eigenvalue weighted by Crippen LogP contribution is 2.27. The number of carboxylic acids is 1. The highest BCUT2D eigenvalue weighted by atomic mass is 16.4. The van der Waals surface area contributed by atoms with Crippen molar-refractivity contribution in [2.75, 3.05) is 0 Å². The van der Waals surface area contributed by atoms with E-state index in [1.54, 1.807) is 6.07 Å². The molecular formula is C18H20O2. The molecule has 0 spiro atoms. The van der Waals surface area contributed by atoms with Gasteiger partial charge in [0.05, 0.1) is 5.56 Å². The molecule has 0 aliphatic heterocycles. The van der Waals surface area contributed by atoms with Gasteiger partial charge in [-0.2, -0.15) is 0 Å². The molecule has 0 fully saturated rings. The molecule has 0 bridgehead atoms. The monoisotopic (exact) mass is 268 g/mol. The molecule has 1 atom stereocenters. The first-order valence-electron chi connectivity index (χ1n) is 7.03. The normalized spacial score (nSPS) is 12.1. The molecule has 104 valence electrons. The summed E-state index contributed by atoms with van der Waals surface area (Å²) in [6, 6.07) is 15.6. The summed E-state index contributed by atoms with van der Waals surface area (Å²) in [5.41, 5.74) is 3.76. The van der Waals surface area contributed by atoms with Gasteiger partial charge in [0.15, 0.2) is 0 Å². The van der Waals surface area contributed by atoms with Gasteiger partial charge in [0, 0.05) is 0 Å². The van der Waals surface area contributed by atoms with Crippen LogP contribution in [0, 0.1) is 5.92 Å². The molecule has 0 heterocycles. The minimum Gasteiger partial charge on any atom is -0.478 e. The number of aromatic carboxylic acids is 1. The van der Waals surface area contributed by atoms with Gasteiger partial charge in [-0.1, -0.05) is 56.7 Å². The van der Waals surface area contributed by atoms with Crippen molar-refractivity contribution < 1.29 is 9.90 Å². The minimum atomic E-state index is -0.866. The van der Waals surface area contributed by atoms with Crippen LogP contribution in [0.3, 0.4) is 0 Å².